The summed E-state index contributed by atoms with van der Waals surface area (Å²) in [5.74, 6) is 0.884. The van der Waals surface area contributed by atoms with Crippen molar-refractivity contribution < 1.29 is 0 Å². The van der Waals surface area contributed by atoms with Crippen LogP contribution in [0.5, 0.6) is 0 Å². The Kier molecular flexibility index (Phi) is 5.74. The van der Waals surface area contributed by atoms with Gasteiger partial charge in [0.2, 0.25) is 0 Å². The largest absolute Gasteiger partial charge is 0.370 e. The van der Waals surface area contributed by atoms with E-state index in [9.17, 15) is 0 Å². The average molecular weight is 295 g/mol. The van der Waals surface area contributed by atoms with Gasteiger partial charge in [-0.1, -0.05) is 44.0 Å². The lowest BCUT2D eigenvalue weighted by Crippen LogP contribution is -2.35. The third kappa shape index (κ3) is 3.67. The zero-order valence-electron chi connectivity index (χ0n) is 12.7. The minimum absolute atomic E-state index is 0.223. The van der Waals surface area contributed by atoms with E-state index in [0.717, 1.165) is 36.9 Å². The molecule has 1 atom stereocenters. The van der Waals surface area contributed by atoms with Crippen LogP contribution in [-0.4, -0.2) is 19.1 Å². The van der Waals surface area contributed by atoms with Crippen LogP contribution < -0.4 is 10.6 Å². The van der Waals surface area contributed by atoms with Gasteiger partial charge in [-0.2, -0.15) is 0 Å². The molecule has 2 N–H and O–H groups in total. The molecule has 0 saturated carbocycles. The number of hydrogen-bond donors (Lipinski definition) is 1. The number of rotatable bonds is 5. The summed E-state index contributed by atoms with van der Waals surface area (Å²) in [7, 11) is 0. The molecule has 1 aliphatic rings. The summed E-state index contributed by atoms with van der Waals surface area (Å²) in [5.41, 5.74) is 8.67. The Labute approximate surface area is 128 Å². The third-order valence-corrected chi connectivity index (χ3v) is 4.89. The van der Waals surface area contributed by atoms with Crippen molar-refractivity contribution in [1.82, 2.24) is 0 Å². The van der Waals surface area contributed by atoms with Gasteiger partial charge in [0.15, 0.2) is 0 Å². The Balaban J connectivity index is 2.17. The number of nitrogens with zero attached hydrogens (tertiary/aromatic N) is 1. The normalized spacial score (nSPS) is 18.3. The average Bonchev–Trinajstić information content (AvgIpc) is 2.47. The molecule has 0 aromatic heterocycles. The highest BCUT2D eigenvalue weighted by Gasteiger charge is 2.22. The lowest BCUT2D eigenvalue weighted by molar-refractivity contribution is 0.394. The number of anilines is 1. The lowest BCUT2D eigenvalue weighted by Gasteiger charge is -2.35. The predicted octanol–water partition coefficient (Wildman–Crippen LogP) is 4.25. The quantitative estimate of drug-likeness (QED) is 0.880. The van der Waals surface area contributed by atoms with E-state index < -0.39 is 0 Å². The summed E-state index contributed by atoms with van der Waals surface area (Å²) < 4.78 is 0. The van der Waals surface area contributed by atoms with Gasteiger partial charge in [-0.25, -0.2) is 0 Å². The second kappa shape index (κ2) is 7.33. The Morgan fingerprint density at radius 2 is 2.00 bits per heavy atom. The minimum Gasteiger partial charge on any atom is -0.370 e. The fourth-order valence-corrected chi connectivity index (χ4v) is 3.38. The van der Waals surface area contributed by atoms with Crippen LogP contribution in [0.1, 0.15) is 45.1 Å². The van der Waals surface area contributed by atoms with Crippen LogP contribution in [0, 0.1) is 5.92 Å². The number of para-hydroxylation sites is 1. The van der Waals surface area contributed by atoms with Crippen molar-refractivity contribution in [1.29, 1.82) is 0 Å². The Bertz CT molecular complexity index is 425. The highest BCUT2D eigenvalue weighted by Crippen LogP contribution is 2.34. The Hall–Kier alpha value is -0.730. The molecule has 1 aromatic carbocycles. The van der Waals surface area contributed by atoms with Gasteiger partial charge < -0.3 is 10.6 Å². The summed E-state index contributed by atoms with van der Waals surface area (Å²) in [6.45, 7) is 6.68. The number of halogens is 1. The first kappa shape index (κ1) is 15.7. The van der Waals surface area contributed by atoms with Crippen LogP contribution in [0.4, 0.5) is 5.69 Å². The number of piperidine rings is 1. The molecule has 20 heavy (non-hydrogen) atoms. The van der Waals surface area contributed by atoms with Crippen molar-refractivity contribution in [2.45, 2.75) is 52.0 Å². The summed E-state index contributed by atoms with van der Waals surface area (Å²) in [6.07, 6.45) is 5.77. The van der Waals surface area contributed by atoms with Crippen molar-refractivity contribution >= 4 is 17.3 Å². The zero-order valence-corrected chi connectivity index (χ0v) is 13.5. The van der Waals surface area contributed by atoms with Crippen molar-refractivity contribution in [3.63, 3.8) is 0 Å². The highest BCUT2D eigenvalue weighted by molar-refractivity contribution is 6.33. The first-order valence-corrected chi connectivity index (χ1v) is 8.31. The van der Waals surface area contributed by atoms with Gasteiger partial charge in [0.1, 0.15) is 0 Å². The zero-order chi connectivity index (χ0) is 14.5. The number of benzene rings is 1. The molecular weight excluding hydrogens is 268 g/mol. The molecule has 0 radical (unpaired) electrons. The lowest BCUT2D eigenvalue weighted by atomic mass is 9.93. The fourth-order valence-electron chi connectivity index (χ4n) is 3.07. The molecule has 112 valence electrons. The van der Waals surface area contributed by atoms with E-state index in [1.807, 2.05) is 12.1 Å². The van der Waals surface area contributed by atoms with Gasteiger partial charge >= 0.3 is 0 Å². The smallest absolute Gasteiger partial charge is 0.0642 e. The fraction of sp³-hybridized carbons (Fsp3) is 0.647. The predicted molar refractivity (Wildman–Crippen MR) is 88.7 cm³/mol. The van der Waals surface area contributed by atoms with E-state index in [1.54, 1.807) is 0 Å². The van der Waals surface area contributed by atoms with Gasteiger partial charge in [-0.15, -0.1) is 0 Å². The SMILES string of the molecule is CCC(N)Cc1cccc(Cl)c1N1CCC(CC)CC1. The molecule has 1 fully saturated rings. The Morgan fingerprint density at radius 3 is 2.60 bits per heavy atom. The van der Waals surface area contributed by atoms with Gasteiger partial charge in [-0.3, -0.25) is 0 Å². The molecule has 0 bridgehead atoms. The van der Waals surface area contributed by atoms with E-state index in [2.05, 4.69) is 24.8 Å². The number of nitrogens with two attached hydrogens (primary N) is 1. The van der Waals surface area contributed by atoms with Crippen LogP contribution in [0.15, 0.2) is 18.2 Å². The van der Waals surface area contributed by atoms with Crippen molar-refractivity contribution in [2.75, 3.05) is 18.0 Å². The van der Waals surface area contributed by atoms with Crippen LogP contribution in [0.3, 0.4) is 0 Å². The van der Waals surface area contributed by atoms with Gasteiger partial charge in [0.25, 0.3) is 0 Å². The molecule has 3 heteroatoms. The van der Waals surface area contributed by atoms with Crippen molar-refractivity contribution in [2.24, 2.45) is 11.7 Å². The molecule has 1 heterocycles. The molecule has 1 aromatic rings. The van der Waals surface area contributed by atoms with E-state index >= 15 is 0 Å². The van der Waals surface area contributed by atoms with E-state index in [4.69, 9.17) is 17.3 Å². The molecule has 0 spiro atoms. The summed E-state index contributed by atoms with van der Waals surface area (Å²) in [4.78, 5) is 2.46. The second-order valence-corrected chi connectivity index (χ2v) is 6.37. The topological polar surface area (TPSA) is 29.3 Å². The molecule has 0 aliphatic carbocycles. The monoisotopic (exact) mass is 294 g/mol. The third-order valence-electron chi connectivity index (χ3n) is 4.58. The van der Waals surface area contributed by atoms with Crippen LogP contribution in [0.2, 0.25) is 5.02 Å². The van der Waals surface area contributed by atoms with E-state index in [1.165, 1.54) is 30.5 Å². The molecule has 1 saturated heterocycles. The molecule has 2 nitrogen and oxygen atoms in total. The standard InChI is InChI=1S/C17H27ClN2/c1-3-13-8-10-20(11-9-13)17-14(12-15(19)4-2)6-5-7-16(17)18/h5-7,13,15H,3-4,8-12,19H2,1-2H3. The van der Waals surface area contributed by atoms with Crippen LogP contribution in [-0.2, 0) is 6.42 Å². The first-order chi connectivity index (χ1) is 9.65. The van der Waals surface area contributed by atoms with Gasteiger partial charge in [0, 0.05) is 19.1 Å². The summed E-state index contributed by atoms with van der Waals surface area (Å²) in [5, 5.41) is 0.876. The van der Waals surface area contributed by atoms with Gasteiger partial charge in [0.05, 0.1) is 10.7 Å². The first-order valence-electron chi connectivity index (χ1n) is 7.93. The molecule has 0 amide bonds. The maximum absolute atomic E-state index is 6.48. The minimum atomic E-state index is 0.223. The Morgan fingerprint density at radius 1 is 1.30 bits per heavy atom. The summed E-state index contributed by atoms with van der Waals surface area (Å²) in [6, 6.07) is 6.45. The van der Waals surface area contributed by atoms with Crippen molar-refractivity contribution in [3.05, 3.63) is 28.8 Å². The van der Waals surface area contributed by atoms with Gasteiger partial charge in [-0.05, 0) is 43.2 Å². The molecular formula is C17H27ClN2. The molecule has 1 unspecified atom stereocenters. The molecule has 2 rings (SSSR count). The van der Waals surface area contributed by atoms with E-state index in [-0.39, 0.29) is 6.04 Å². The van der Waals surface area contributed by atoms with Crippen molar-refractivity contribution in [3.8, 4) is 0 Å². The second-order valence-electron chi connectivity index (χ2n) is 5.96. The van der Waals surface area contributed by atoms with Crippen LogP contribution >= 0.6 is 11.6 Å². The molecule has 1 aliphatic heterocycles. The van der Waals surface area contributed by atoms with Crippen LogP contribution in [0.25, 0.3) is 0 Å². The highest BCUT2D eigenvalue weighted by atomic mass is 35.5. The number of hydrogen-bond acceptors (Lipinski definition) is 2. The maximum Gasteiger partial charge on any atom is 0.0642 e. The van der Waals surface area contributed by atoms with E-state index in [0.29, 0.717) is 0 Å². The summed E-state index contributed by atoms with van der Waals surface area (Å²) >= 11 is 6.48. The maximum atomic E-state index is 6.48.